The van der Waals surface area contributed by atoms with Gasteiger partial charge in [-0.25, -0.2) is 4.39 Å². The normalized spacial score (nSPS) is 12.2. The van der Waals surface area contributed by atoms with Crippen LogP contribution in [-0.2, 0) is 0 Å². The quantitative estimate of drug-likeness (QED) is 0.649. The summed E-state index contributed by atoms with van der Waals surface area (Å²) in [5.74, 6) is -0.702. The Kier molecular flexibility index (Phi) is 5.92. The van der Waals surface area contributed by atoms with E-state index in [1.165, 1.54) is 12.1 Å². The minimum absolute atomic E-state index is 0.107. The molecule has 5 heteroatoms. The number of amides is 1. The molecule has 0 radical (unpaired) electrons. The molecular formula is C12H14BrClFNO. The molecule has 0 aliphatic carbocycles. The van der Waals surface area contributed by atoms with E-state index in [1.807, 2.05) is 6.92 Å². The smallest absolute Gasteiger partial charge is 0.251 e. The molecule has 1 amide bonds. The van der Waals surface area contributed by atoms with Crippen molar-refractivity contribution in [2.45, 2.75) is 25.1 Å². The van der Waals surface area contributed by atoms with Crippen molar-refractivity contribution >= 4 is 33.4 Å². The lowest BCUT2D eigenvalue weighted by Crippen LogP contribution is -2.24. The molecule has 0 spiro atoms. The van der Waals surface area contributed by atoms with E-state index in [0.29, 0.717) is 16.6 Å². The molecule has 1 rings (SSSR count). The molecule has 1 aromatic rings. The van der Waals surface area contributed by atoms with Gasteiger partial charge in [-0.1, -0.05) is 15.9 Å². The number of hydrogen-bond acceptors (Lipinski definition) is 1. The van der Waals surface area contributed by atoms with Gasteiger partial charge >= 0.3 is 0 Å². The fraction of sp³-hybridized carbons (Fsp3) is 0.417. The zero-order chi connectivity index (χ0) is 12.8. The predicted molar refractivity (Wildman–Crippen MR) is 71.0 cm³/mol. The Balaban J connectivity index is 2.47. The van der Waals surface area contributed by atoms with E-state index in [2.05, 4.69) is 21.2 Å². The highest BCUT2D eigenvalue weighted by molar-refractivity contribution is 9.10. The third kappa shape index (κ3) is 5.50. The third-order valence-electron chi connectivity index (χ3n) is 2.19. The summed E-state index contributed by atoms with van der Waals surface area (Å²) >= 11 is 8.93. The minimum atomic E-state index is -0.432. The van der Waals surface area contributed by atoms with E-state index >= 15 is 0 Å². The first kappa shape index (κ1) is 14.5. The molecule has 1 unspecified atom stereocenters. The highest BCUT2D eigenvalue weighted by atomic mass is 79.9. The van der Waals surface area contributed by atoms with Gasteiger partial charge in [-0.2, -0.15) is 0 Å². The molecule has 1 atom stereocenters. The maximum Gasteiger partial charge on any atom is 0.251 e. The number of alkyl halides is 1. The van der Waals surface area contributed by atoms with Gasteiger partial charge in [0.05, 0.1) is 0 Å². The Bertz CT molecular complexity index is 378. The summed E-state index contributed by atoms with van der Waals surface area (Å²) in [6.07, 6.45) is 1.65. The zero-order valence-corrected chi connectivity index (χ0v) is 11.8. The highest BCUT2D eigenvalue weighted by Gasteiger charge is 2.07. The van der Waals surface area contributed by atoms with E-state index in [0.717, 1.165) is 12.8 Å². The lowest BCUT2D eigenvalue weighted by molar-refractivity contribution is 0.0952. The average molecular weight is 323 g/mol. The Hall–Kier alpha value is -0.610. The fourth-order valence-corrected chi connectivity index (χ4v) is 1.99. The van der Waals surface area contributed by atoms with Crippen LogP contribution in [0.4, 0.5) is 4.39 Å². The van der Waals surface area contributed by atoms with Gasteiger partial charge in [-0.05, 0) is 38.0 Å². The topological polar surface area (TPSA) is 29.1 Å². The Morgan fingerprint density at radius 2 is 2.24 bits per heavy atom. The summed E-state index contributed by atoms with van der Waals surface area (Å²) in [7, 11) is 0. The van der Waals surface area contributed by atoms with Gasteiger partial charge < -0.3 is 5.32 Å². The largest absolute Gasteiger partial charge is 0.352 e. The van der Waals surface area contributed by atoms with Crippen LogP contribution in [0.3, 0.4) is 0 Å². The van der Waals surface area contributed by atoms with Crippen molar-refractivity contribution in [1.82, 2.24) is 5.32 Å². The van der Waals surface area contributed by atoms with Crippen LogP contribution in [0.1, 0.15) is 30.1 Å². The van der Waals surface area contributed by atoms with E-state index in [4.69, 9.17) is 11.6 Å². The first-order valence-corrected chi connectivity index (χ1v) is 6.60. The molecule has 1 N–H and O–H groups in total. The lowest BCUT2D eigenvalue weighted by atomic mass is 10.2. The first-order chi connectivity index (χ1) is 7.99. The molecule has 2 nitrogen and oxygen atoms in total. The number of halogens is 3. The third-order valence-corrected chi connectivity index (χ3v) is 2.87. The number of carbonyl (C=O) groups excluding carboxylic acids is 1. The van der Waals surface area contributed by atoms with Gasteiger partial charge in [0.15, 0.2) is 0 Å². The van der Waals surface area contributed by atoms with Crippen molar-refractivity contribution in [2.24, 2.45) is 0 Å². The SMILES string of the molecule is CC(Cl)CCCNC(=O)c1cc(F)cc(Br)c1. The Morgan fingerprint density at radius 3 is 2.82 bits per heavy atom. The number of rotatable bonds is 5. The van der Waals surface area contributed by atoms with Crippen molar-refractivity contribution in [3.05, 3.63) is 34.1 Å². The van der Waals surface area contributed by atoms with E-state index in [-0.39, 0.29) is 11.3 Å². The molecular weight excluding hydrogens is 308 g/mol. The monoisotopic (exact) mass is 321 g/mol. The van der Waals surface area contributed by atoms with Crippen molar-refractivity contribution in [3.8, 4) is 0 Å². The molecule has 0 aliphatic rings. The standard InChI is InChI=1S/C12H14BrClFNO/c1-8(14)3-2-4-16-12(17)9-5-10(13)7-11(15)6-9/h5-8H,2-4H2,1H3,(H,16,17). The van der Waals surface area contributed by atoms with Gasteiger partial charge in [0, 0.05) is 22.0 Å². The fourth-order valence-electron chi connectivity index (χ4n) is 1.37. The van der Waals surface area contributed by atoms with Crippen LogP contribution in [0.15, 0.2) is 22.7 Å². The molecule has 0 fully saturated rings. The summed E-state index contributed by atoms with van der Waals surface area (Å²) < 4.78 is 13.6. The highest BCUT2D eigenvalue weighted by Crippen LogP contribution is 2.14. The zero-order valence-electron chi connectivity index (χ0n) is 9.47. The van der Waals surface area contributed by atoms with Crippen LogP contribution in [0.5, 0.6) is 0 Å². The van der Waals surface area contributed by atoms with E-state index < -0.39 is 5.82 Å². The number of nitrogens with one attached hydrogen (secondary N) is 1. The summed E-state index contributed by atoms with van der Waals surface area (Å²) in [4.78, 5) is 11.7. The molecule has 0 saturated carbocycles. The minimum Gasteiger partial charge on any atom is -0.352 e. The predicted octanol–water partition coefficient (Wildman–Crippen LogP) is 3.73. The van der Waals surface area contributed by atoms with E-state index in [9.17, 15) is 9.18 Å². The summed E-state index contributed by atoms with van der Waals surface area (Å²) in [6, 6.07) is 4.11. The van der Waals surface area contributed by atoms with E-state index in [1.54, 1.807) is 6.07 Å². The van der Waals surface area contributed by atoms with Crippen LogP contribution in [0.2, 0.25) is 0 Å². The van der Waals surface area contributed by atoms with Crippen LogP contribution in [-0.4, -0.2) is 17.8 Å². The Morgan fingerprint density at radius 1 is 1.53 bits per heavy atom. The molecule has 0 aliphatic heterocycles. The molecule has 1 aromatic carbocycles. The molecule has 0 aromatic heterocycles. The van der Waals surface area contributed by atoms with Crippen LogP contribution >= 0.6 is 27.5 Å². The maximum atomic E-state index is 13.1. The van der Waals surface area contributed by atoms with Crippen LogP contribution < -0.4 is 5.32 Å². The Labute approximate surface area is 114 Å². The van der Waals surface area contributed by atoms with Gasteiger partial charge in [-0.3, -0.25) is 4.79 Å². The average Bonchev–Trinajstić information content (AvgIpc) is 2.22. The molecule has 17 heavy (non-hydrogen) atoms. The summed E-state index contributed by atoms with van der Waals surface area (Å²) in [5.41, 5.74) is 0.316. The maximum absolute atomic E-state index is 13.1. The summed E-state index contributed by atoms with van der Waals surface area (Å²) in [6.45, 7) is 2.46. The molecule has 94 valence electrons. The molecule has 0 bridgehead atoms. The van der Waals surface area contributed by atoms with Crippen molar-refractivity contribution in [1.29, 1.82) is 0 Å². The van der Waals surface area contributed by atoms with Gasteiger partial charge in [0.1, 0.15) is 5.82 Å². The van der Waals surface area contributed by atoms with Crippen LogP contribution in [0, 0.1) is 5.82 Å². The van der Waals surface area contributed by atoms with Crippen molar-refractivity contribution in [2.75, 3.05) is 6.54 Å². The lowest BCUT2D eigenvalue weighted by Gasteiger charge is -2.06. The second kappa shape index (κ2) is 6.97. The van der Waals surface area contributed by atoms with Crippen molar-refractivity contribution in [3.63, 3.8) is 0 Å². The van der Waals surface area contributed by atoms with Gasteiger partial charge in [0.25, 0.3) is 5.91 Å². The molecule has 0 heterocycles. The molecule has 0 saturated heterocycles. The van der Waals surface area contributed by atoms with Crippen LogP contribution in [0.25, 0.3) is 0 Å². The van der Waals surface area contributed by atoms with Gasteiger partial charge in [0.2, 0.25) is 0 Å². The number of benzene rings is 1. The second-order valence-electron chi connectivity index (χ2n) is 3.84. The van der Waals surface area contributed by atoms with Crippen molar-refractivity contribution < 1.29 is 9.18 Å². The number of hydrogen-bond donors (Lipinski definition) is 1. The first-order valence-electron chi connectivity index (χ1n) is 5.37. The summed E-state index contributed by atoms with van der Waals surface area (Å²) in [5, 5.41) is 2.83. The number of carbonyl (C=O) groups is 1. The second-order valence-corrected chi connectivity index (χ2v) is 5.50. The van der Waals surface area contributed by atoms with Gasteiger partial charge in [-0.15, -0.1) is 11.6 Å².